The van der Waals surface area contributed by atoms with Gasteiger partial charge in [0, 0.05) is 12.6 Å². The summed E-state index contributed by atoms with van der Waals surface area (Å²) in [4.78, 5) is 26.4. The van der Waals surface area contributed by atoms with E-state index >= 15 is 0 Å². The number of hydroxylamine groups is 1. The molecule has 2 amide bonds. The molecule has 30 heavy (non-hydrogen) atoms. The average molecular weight is 412 g/mol. The first-order valence-corrected chi connectivity index (χ1v) is 10.2. The molecular formula is C23H29N3O4. The van der Waals surface area contributed by atoms with Crippen LogP contribution < -0.4 is 11.2 Å². The zero-order valence-corrected chi connectivity index (χ0v) is 17.1. The molecule has 160 valence electrons. The van der Waals surface area contributed by atoms with Gasteiger partial charge in [-0.05, 0) is 48.6 Å². The number of carbonyl (C=O) groups is 2. The molecule has 1 heterocycles. The van der Waals surface area contributed by atoms with Crippen molar-refractivity contribution in [1.82, 2.24) is 10.4 Å². The maximum absolute atomic E-state index is 12.2. The van der Waals surface area contributed by atoms with Gasteiger partial charge in [0.05, 0.1) is 18.4 Å². The van der Waals surface area contributed by atoms with Crippen LogP contribution in [-0.4, -0.2) is 46.2 Å². The van der Waals surface area contributed by atoms with Crippen LogP contribution in [0.4, 0.5) is 0 Å². The van der Waals surface area contributed by atoms with Gasteiger partial charge in [0.1, 0.15) is 0 Å². The fourth-order valence-electron chi connectivity index (χ4n) is 4.55. The fraction of sp³-hybridized carbons (Fsp3) is 0.391. The molecule has 3 atom stereocenters. The third-order valence-corrected chi connectivity index (χ3v) is 6.12. The van der Waals surface area contributed by atoms with E-state index < -0.39 is 36.3 Å². The van der Waals surface area contributed by atoms with Crippen LogP contribution in [0.1, 0.15) is 24.0 Å². The van der Waals surface area contributed by atoms with Crippen LogP contribution in [0.25, 0.3) is 11.1 Å². The number of hydrogen-bond acceptors (Lipinski definition) is 5. The number of rotatable bonds is 7. The SMILES string of the molecule is Cc1c(CN2CCCC(C(N)=O)C2C(CO)C(=O)NO)cccc1-c1ccccc1. The number of carbonyl (C=O) groups excluding carboxylic acids is 2. The molecule has 3 rings (SSSR count). The van der Waals surface area contributed by atoms with E-state index in [1.807, 2.05) is 35.2 Å². The molecule has 2 aromatic carbocycles. The van der Waals surface area contributed by atoms with Crippen LogP contribution in [0, 0.1) is 18.8 Å². The minimum atomic E-state index is -0.953. The van der Waals surface area contributed by atoms with E-state index in [0.717, 1.165) is 28.7 Å². The molecule has 1 fully saturated rings. The highest BCUT2D eigenvalue weighted by Crippen LogP contribution is 2.32. The molecule has 3 unspecified atom stereocenters. The topological polar surface area (TPSA) is 116 Å². The Labute approximate surface area is 176 Å². The molecule has 1 aliphatic rings. The van der Waals surface area contributed by atoms with Gasteiger partial charge in [-0.15, -0.1) is 0 Å². The quantitative estimate of drug-likeness (QED) is 0.410. The monoisotopic (exact) mass is 411 g/mol. The number of piperidine rings is 1. The molecule has 0 saturated carbocycles. The second-order valence-corrected chi connectivity index (χ2v) is 7.83. The zero-order chi connectivity index (χ0) is 21.7. The number of amides is 2. The summed E-state index contributed by atoms with van der Waals surface area (Å²) < 4.78 is 0. The first-order valence-electron chi connectivity index (χ1n) is 10.2. The van der Waals surface area contributed by atoms with E-state index in [2.05, 4.69) is 25.1 Å². The molecule has 1 saturated heterocycles. The third-order valence-electron chi connectivity index (χ3n) is 6.12. The van der Waals surface area contributed by atoms with Crippen molar-refractivity contribution < 1.29 is 19.9 Å². The largest absolute Gasteiger partial charge is 0.395 e. The Morgan fingerprint density at radius 2 is 1.93 bits per heavy atom. The van der Waals surface area contributed by atoms with Crippen molar-refractivity contribution in [3.63, 3.8) is 0 Å². The summed E-state index contributed by atoms with van der Waals surface area (Å²) in [5.74, 6) is -2.74. The van der Waals surface area contributed by atoms with Crippen LogP contribution in [0.15, 0.2) is 48.5 Å². The van der Waals surface area contributed by atoms with E-state index in [1.54, 1.807) is 5.48 Å². The Balaban J connectivity index is 1.95. The molecule has 0 bridgehead atoms. The average Bonchev–Trinajstić information content (AvgIpc) is 2.76. The van der Waals surface area contributed by atoms with Crippen LogP contribution in [0.3, 0.4) is 0 Å². The van der Waals surface area contributed by atoms with Crippen molar-refractivity contribution in [3.05, 3.63) is 59.7 Å². The predicted octanol–water partition coefficient (Wildman–Crippen LogP) is 1.84. The minimum absolute atomic E-state index is 0.486. The standard InChI is InChI=1S/C23H29N3O4/c1-15-17(9-5-10-18(15)16-7-3-2-4-8-16)13-26-12-6-11-19(22(24)28)21(26)20(14-27)23(29)25-30/h2-5,7-10,19-21,27,30H,6,11-14H2,1H3,(H2,24,28)(H,25,29). The smallest absolute Gasteiger partial charge is 0.250 e. The Morgan fingerprint density at radius 1 is 1.20 bits per heavy atom. The van der Waals surface area contributed by atoms with Gasteiger partial charge in [-0.3, -0.25) is 19.7 Å². The van der Waals surface area contributed by atoms with Gasteiger partial charge in [0.25, 0.3) is 0 Å². The maximum Gasteiger partial charge on any atom is 0.250 e. The molecule has 7 heteroatoms. The van der Waals surface area contributed by atoms with E-state index in [1.165, 1.54) is 0 Å². The Morgan fingerprint density at radius 3 is 2.57 bits per heavy atom. The van der Waals surface area contributed by atoms with Crippen molar-refractivity contribution in [1.29, 1.82) is 0 Å². The van der Waals surface area contributed by atoms with E-state index in [-0.39, 0.29) is 0 Å². The Bertz CT molecular complexity index is 887. The Hall–Kier alpha value is -2.74. The van der Waals surface area contributed by atoms with Gasteiger partial charge in [0.2, 0.25) is 11.8 Å². The third kappa shape index (κ3) is 4.53. The van der Waals surface area contributed by atoms with Gasteiger partial charge < -0.3 is 10.8 Å². The number of benzene rings is 2. The highest BCUT2D eigenvalue weighted by Gasteiger charge is 2.42. The van der Waals surface area contributed by atoms with Gasteiger partial charge in [-0.25, -0.2) is 5.48 Å². The van der Waals surface area contributed by atoms with Crippen molar-refractivity contribution in [2.24, 2.45) is 17.6 Å². The number of nitrogens with zero attached hydrogens (tertiary/aromatic N) is 1. The van der Waals surface area contributed by atoms with Crippen LogP contribution in [0.2, 0.25) is 0 Å². The summed E-state index contributed by atoms with van der Waals surface area (Å²) >= 11 is 0. The number of nitrogens with two attached hydrogens (primary N) is 1. The van der Waals surface area contributed by atoms with Crippen molar-refractivity contribution in [2.75, 3.05) is 13.2 Å². The van der Waals surface area contributed by atoms with Crippen molar-refractivity contribution in [3.8, 4) is 11.1 Å². The van der Waals surface area contributed by atoms with E-state index in [0.29, 0.717) is 19.5 Å². The maximum atomic E-state index is 12.2. The van der Waals surface area contributed by atoms with Gasteiger partial charge in [-0.2, -0.15) is 0 Å². The van der Waals surface area contributed by atoms with Gasteiger partial charge in [0.15, 0.2) is 0 Å². The van der Waals surface area contributed by atoms with Crippen molar-refractivity contribution in [2.45, 2.75) is 32.4 Å². The molecule has 0 aliphatic carbocycles. The molecule has 0 aromatic heterocycles. The van der Waals surface area contributed by atoms with Crippen LogP contribution in [-0.2, 0) is 16.1 Å². The number of aliphatic hydroxyl groups excluding tert-OH is 1. The number of aliphatic hydroxyl groups is 1. The lowest BCUT2D eigenvalue weighted by molar-refractivity contribution is -0.142. The lowest BCUT2D eigenvalue weighted by atomic mass is 9.80. The van der Waals surface area contributed by atoms with E-state index in [9.17, 15) is 14.7 Å². The van der Waals surface area contributed by atoms with Gasteiger partial charge in [-0.1, -0.05) is 48.5 Å². The number of nitrogens with one attached hydrogen (secondary N) is 1. The summed E-state index contributed by atoms with van der Waals surface area (Å²) in [6.07, 6.45) is 1.31. The van der Waals surface area contributed by atoms with E-state index in [4.69, 9.17) is 10.9 Å². The van der Waals surface area contributed by atoms with Crippen LogP contribution in [0.5, 0.6) is 0 Å². The summed E-state index contributed by atoms with van der Waals surface area (Å²) in [6.45, 7) is 2.75. The van der Waals surface area contributed by atoms with Gasteiger partial charge >= 0.3 is 0 Å². The first kappa shape index (κ1) is 22.0. The molecule has 2 aromatic rings. The highest BCUT2D eigenvalue weighted by atomic mass is 16.5. The predicted molar refractivity (Wildman–Crippen MR) is 113 cm³/mol. The fourth-order valence-corrected chi connectivity index (χ4v) is 4.55. The summed E-state index contributed by atoms with van der Waals surface area (Å²) in [5, 5.41) is 19.0. The molecule has 0 radical (unpaired) electrons. The van der Waals surface area contributed by atoms with Crippen molar-refractivity contribution >= 4 is 11.8 Å². The second-order valence-electron chi connectivity index (χ2n) is 7.83. The Kier molecular flexibility index (Phi) is 7.20. The molecule has 1 aliphatic heterocycles. The molecule has 7 nitrogen and oxygen atoms in total. The molecule has 0 spiro atoms. The second kappa shape index (κ2) is 9.84. The lowest BCUT2D eigenvalue weighted by Gasteiger charge is -2.43. The first-order chi connectivity index (χ1) is 14.5. The summed E-state index contributed by atoms with van der Waals surface area (Å²) in [6, 6.07) is 15.6. The minimum Gasteiger partial charge on any atom is -0.395 e. The molecular weight excluding hydrogens is 382 g/mol. The summed E-state index contributed by atoms with van der Waals surface area (Å²) in [7, 11) is 0. The number of hydrogen-bond donors (Lipinski definition) is 4. The summed E-state index contributed by atoms with van der Waals surface area (Å²) in [5.41, 5.74) is 11.7. The number of likely N-dealkylation sites (tertiary alicyclic amines) is 1. The number of primary amides is 1. The zero-order valence-electron chi connectivity index (χ0n) is 17.1. The van der Waals surface area contributed by atoms with Crippen LogP contribution >= 0.6 is 0 Å². The highest BCUT2D eigenvalue weighted by molar-refractivity contribution is 5.82. The lowest BCUT2D eigenvalue weighted by Crippen LogP contribution is -2.57. The normalized spacial score (nSPS) is 20.5. The molecule has 5 N–H and O–H groups in total.